The molecule has 0 saturated carbocycles. The summed E-state index contributed by atoms with van der Waals surface area (Å²) in [5.74, 6) is -0.322. The molecule has 1 fully saturated rings. The second kappa shape index (κ2) is 9.31. The van der Waals surface area contributed by atoms with E-state index in [1.807, 2.05) is 37.3 Å². The summed E-state index contributed by atoms with van der Waals surface area (Å²) in [5.41, 5.74) is 1.13. The molecular weight excluding hydrogens is 340 g/mol. The van der Waals surface area contributed by atoms with Crippen LogP contribution in [0.15, 0.2) is 30.3 Å². The molecule has 0 bridgehead atoms. The van der Waals surface area contributed by atoms with Crippen molar-refractivity contribution in [2.45, 2.75) is 32.3 Å². The van der Waals surface area contributed by atoms with Crippen LogP contribution >= 0.6 is 0 Å². The maximum atomic E-state index is 12.2. The number of nitrogens with one attached hydrogen (secondary N) is 1. The van der Waals surface area contributed by atoms with Gasteiger partial charge in [0.05, 0.1) is 18.3 Å². The van der Waals surface area contributed by atoms with Crippen LogP contribution in [0.4, 0.5) is 0 Å². The fraction of sp³-hybridized carbons (Fsp3) is 0.611. The van der Waals surface area contributed by atoms with Gasteiger partial charge in [-0.3, -0.25) is 4.79 Å². The summed E-state index contributed by atoms with van der Waals surface area (Å²) in [6.07, 6.45) is 3.41. The van der Waals surface area contributed by atoms with Crippen molar-refractivity contribution >= 4 is 15.9 Å². The monoisotopic (exact) mass is 368 g/mol. The second-order valence-electron chi connectivity index (χ2n) is 6.53. The highest BCUT2D eigenvalue weighted by molar-refractivity contribution is 7.88. The molecule has 1 saturated heterocycles. The minimum atomic E-state index is -3.22. The highest BCUT2D eigenvalue weighted by atomic mass is 32.2. The maximum Gasteiger partial charge on any atom is 0.224 e. The van der Waals surface area contributed by atoms with Crippen LogP contribution in [-0.2, 0) is 19.6 Å². The van der Waals surface area contributed by atoms with Gasteiger partial charge in [-0.15, -0.1) is 0 Å². The lowest BCUT2D eigenvalue weighted by molar-refractivity contribution is -0.126. The molecule has 1 aromatic rings. The molecule has 0 aromatic heterocycles. The fourth-order valence-corrected chi connectivity index (χ4v) is 3.88. The normalized spacial score (nSPS) is 20.2. The Bertz CT molecular complexity index is 648. The standard InChI is InChI=1S/C18H28N2O4S/c1-15(16-8-4-3-5-9-16)24-13-7-11-19-18(21)17-10-6-12-20(14-17)25(2,22)23/h3-5,8-9,15,17H,6-7,10-14H2,1-2H3,(H,19,21). The highest BCUT2D eigenvalue weighted by Crippen LogP contribution is 2.19. The van der Waals surface area contributed by atoms with Crippen molar-refractivity contribution in [1.29, 1.82) is 0 Å². The number of rotatable bonds is 8. The Kier molecular flexibility index (Phi) is 7.40. The zero-order valence-corrected chi connectivity index (χ0v) is 15.8. The van der Waals surface area contributed by atoms with Crippen LogP contribution in [0.5, 0.6) is 0 Å². The van der Waals surface area contributed by atoms with Crippen molar-refractivity contribution < 1.29 is 17.9 Å². The van der Waals surface area contributed by atoms with Crippen LogP contribution in [0, 0.1) is 5.92 Å². The van der Waals surface area contributed by atoms with Gasteiger partial charge in [-0.25, -0.2) is 12.7 Å². The molecule has 2 atom stereocenters. The average molecular weight is 368 g/mol. The molecule has 6 nitrogen and oxygen atoms in total. The molecule has 1 heterocycles. The Balaban J connectivity index is 1.65. The molecule has 2 rings (SSSR count). The van der Waals surface area contributed by atoms with Gasteiger partial charge >= 0.3 is 0 Å². The third-order valence-corrected chi connectivity index (χ3v) is 5.75. The van der Waals surface area contributed by atoms with E-state index in [1.165, 1.54) is 10.6 Å². The maximum absolute atomic E-state index is 12.2. The minimum Gasteiger partial charge on any atom is -0.374 e. The molecule has 1 N–H and O–H groups in total. The quantitative estimate of drug-likeness (QED) is 0.712. The van der Waals surface area contributed by atoms with E-state index in [4.69, 9.17) is 4.74 Å². The Morgan fingerprint density at radius 1 is 1.36 bits per heavy atom. The number of piperidine rings is 1. The van der Waals surface area contributed by atoms with Crippen LogP contribution in [0.1, 0.15) is 37.9 Å². The van der Waals surface area contributed by atoms with Crippen LogP contribution in [0.3, 0.4) is 0 Å². The molecule has 25 heavy (non-hydrogen) atoms. The Hall–Kier alpha value is -1.44. The molecule has 1 aliphatic rings. The Labute approximate surface area is 150 Å². The summed E-state index contributed by atoms with van der Waals surface area (Å²) >= 11 is 0. The van der Waals surface area contributed by atoms with E-state index in [2.05, 4.69) is 5.32 Å². The first-order chi connectivity index (χ1) is 11.9. The van der Waals surface area contributed by atoms with Gasteiger partial charge in [0.15, 0.2) is 0 Å². The van der Waals surface area contributed by atoms with Gasteiger partial charge in [0.1, 0.15) is 0 Å². The van der Waals surface area contributed by atoms with Crippen molar-refractivity contribution in [3.63, 3.8) is 0 Å². The number of carbonyl (C=O) groups is 1. The van der Waals surface area contributed by atoms with Gasteiger partial charge in [0, 0.05) is 26.2 Å². The van der Waals surface area contributed by atoms with E-state index in [0.29, 0.717) is 19.7 Å². The van der Waals surface area contributed by atoms with Crippen molar-refractivity contribution in [2.24, 2.45) is 5.92 Å². The summed E-state index contributed by atoms with van der Waals surface area (Å²) in [4.78, 5) is 12.2. The predicted octanol–water partition coefficient (Wildman–Crippen LogP) is 1.94. The first-order valence-electron chi connectivity index (χ1n) is 8.77. The molecule has 0 radical (unpaired) electrons. The largest absolute Gasteiger partial charge is 0.374 e. The number of hydrogen-bond acceptors (Lipinski definition) is 4. The Morgan fingerprint density at radius 3 is 2.76 bits per heavy atom. The van der Waals surface area contributed by atoms with Crippen LogP contribution in [-0.4, -0.2) is 51.1 Å². The van der Waals surface area contributed by atoms with Gasteiger partial charge in [-0.05, 0) is 31.7 Å². The first kappa shape index (κ1) is 19.9. The number of carbonyl (C=O) groups excluding carboxylic acids is 1. The molecule has 7 heteroatoms. The van der Waals surface area contributed by atoms with Crippen LogP contribution in [0.2, 0.25) is 0 Å². The average Bonchev–Trinajstić information content (AvgIpc) is 2.61. The molecule has 1 aliphatic heterocycles. The van der Waals surface area contributed by atoms with E-state index in [0.717, 1.165) is 24.8 Å². The third kappa shape index (κ3) is 6.41. The predicted molar refractivity (Wildman–Crippen MR) is 97.6 cm³/mol. The van der Waals surface area contributed by atoms with Gasteiger partial charge in [0.25, 0.3) is 0 Å². The summed E-state index contributed by atoms with van der Waals surface area (Å²) in [6, 6.07) is 10.0. The lowest BCUT2D eigenvalue weighted by atomic mass is 9.99. The summed E-state index contributed by atoms with van der Waals surface area (Å²) in [6.45, 7) is 3.90. The third-order valence-electron chi connectivity index (χ3n) is 4.48. The van der Waals surface area contributed by atoms with Crippen molar-refractivity contribution in [3.05, 3.63) is 35.9 Å². The summed E-state index contributed by atoms with van der Waals surface area (Å²) in [5, 5.41) is 2.90. The number of benzene rings is 1. The topological polar surface area (TPSA) is 75.7 Å². The van der Waals surface area contributed by atoms with E-state index in [9.17, 15) is 13.2 Å². The van der Waals surface area contributed by atoms with Gasteiger partial charge in [-0.1, -0.05) is 30.3 Å². The number of hydrogen-bond donors (Lipinski definition) is 1. The molecule has 0 aliphatic carbocycles. The molecule has 1 amide bonds. The van der Waals surface area contributed by atoms with Gasteiger partial charge in [-0.2, -0.15) is 0 Å². The highest BCUT2D eigenvalue weighted by Gasteiger charge is 2.29. The minimum absolute atomic E-state index is 0.0264. The smallest absolute Gasteiger partial charge is 0.224 e. The second-order valence-corrected chi connectivity index (χ2v) is 8.51. The van der Waals surface area contributed by atoms with E-state index in [1.54, 1.807) is 0 Å². The molecule has 0 spiro atoms. The fourth-order valence-electron chi connectivity index (χ4n) is 2.97. The summed E-state index contributed by atoms with van der Waals surface area (Å²) in [7, 11) is -3.22. The molecule has 1 aromatic carbocycles. The van der Waals surface area contributed by atoms with Crippen molar-refractivity contribution in [3.8, 4) is 0 Å². The van der Waals surface area contributed by atoms with Crippen molar-refractivity contribution in [2.75, 3.05) is 32.5 Å². The number of ether oxygens (including phenoxy) is 1. The van der Waals surface area contributed by atoms with Gasteiger partial charge in [0.2, 0.25) is 15.9 Å². The van der Waals surface area contributed by atoms with Crippen LogP contribution in [0.25, 0.3) is 0 Å². The number of sulfonamides is 1. The molecule has 140 valence electrons. The summed E-state index contributed by atoms with van der Waals surface area (Å²) < 4.78 is 30.4. The molecular formula is C18H28N2O4S. The van der Waals surface area contributed by atoms with Crippen LogP contribution < -0.4 is 5.32 Å². The zero-order chi connectivity index (χ0) is 18.3. The van der Waals surface area contributed by atoms with Crippen molar-refractivity contribution in [1.82, 2.24) is 9.62 Å². The van der Waals surface area contributed by atoms with Gasteiger partial charge < -0.3 is 10.1 Å². The van der Waals surface area contributed by atoms with E-state index < -0.39 is 10.0 Å². The van der Waals surface area contributed by atoms with E-state index >= 15 is 0 Å². The first-order valence-corrected chi connectivity index (χ1v) is 10.6. The Morgan fingerprint density at radius 2 is 2.08 bits per heavy atom. The number of nitrogens with zero attached hydrogens (tertiary/aromatic N) is 1. The van der Waals surface area contributed by atoms with E-state index in [-0.39, 0.29) is 24.5 Å². The SMILES string of the molecule is CC(OCCCNC(=O)C1CCCN(S(C)(=O)=O)C1)c1ccccc1. The number of amides is 1. The lowest BCUT2D eigenvalue weighted by Gasteiger charge is -2.30. The zero-order valence-electron chi connectivity index (χ0n) is 15.0. The lowest BCUT2D eigenvalue weighted by Crippen LogP contribution is -2.45. The molecule has 2 unspecified atom stereocenters.